The summed E-state index contributed by atoms with van der Waals surface area (Å²) in [6.07, 6.45) is 2.02. The molecule has 0 aliphatic rings. The maximum Gasteiger partial charge on any atom is 0.0791 e. The van der Waals surface area contributed by atoms with Crippen molar-refractivity contribution in [1.82, 2.24) is 0 Å². The molecule has 0 N–H and O–H groups in total. The van der Waals surface area contributed by atoms with E-state index < -0.39 is 9.73 Å². The molecule has 3 heteroatoms. The van der Waals surface area contributed by atoms with E-state index in [0.717, 1.165) is 16.0 Å². The van der Waals surface area contributed by atoms with Crippen LogP contribution in [0.15, 0.2) is 76.0 Å². The Bertz CT molecular complexity index is 696. The van der Waals surface area contributed by atoms with Gasteiger partial charge in [0.15, 0.2) is 0 Å². The highest BCUT2D eigenvalue weighted by atomic mass is 32.2. The summed E-state index contributed by atoms with van der Waals surface area (Å²) < 4.78 is 17.3. The fraction of sp³-hybridized carbons (Fsp3) is 0.176. The molecule has 0 bridgehead atoms. The first kappa shape index (κ1) is 14.5. The SMILES string of the molecule is C/C=C(\C[S@@](=O)(=NC)c1ccccc1)c1ccccc1. The lowest BCUT2D eigenvalue weighted by atomic mass is 10.1. The van der Waals surface area contributed by atoms with Crippen molar-refractivity contribution in [2.24, 2.45) is 4.36 Å². The van der Waals surface area contributed by atoms with Crippen LogP contribution in [0.1, 0.15) is 12.5 Å². The van der Waals surface area contributed by atoms with Crippen LogP contribution in [0.4, 0.5) is 0 Å². The van der Waals surface area contributed by atoms with E-state index >= 15 is 0 Å². The van der Waals surface area contributed by atoms with Crippen LogP contribution in [-0.4, -0.2) is 17.0 Å². The molecule has 1 atom stereocenters. The Morgan fingerprint density at radius 1 is 1.05 bits per heavy atom. The molecule has 0 amide bonds. The van der Waals surface area contributed by atoms with Gasteiger partial charge in [-0.2, -0.15) is 0 Å². The molecule has 0 radical (unpaired) electrons. The molecule has 0 unspecified atom stereocenters. The molecule has 104 valence electrons. The minimum absolute atomic E-state index is 0.439. The number of hydrogen-bond donors (Lipinski definition) is 0. The second-order valence-corrected chi connectivity index (χ2v) is 6.87. The van der Waals surface area contributed by atoms with Crippen LogP contribution in [0.3, 0.4) is 0 Å². The fourth-order valence-corrected chi connectivity index (χ4v) is 3.93. The van der Waals surface area contributed by atoms with Crippen LogP contribution >= 0.6 is 0 Å². The molecule has 0 fully saturated rings. The predicted octanol–water partition coefficient (Wildman–Crippen LogP) is 4.25. The summed E-state index contributed by atoms with van der Waals surface area (Å²) in [6.45, 7) is 1.98. The number of nitrogens with zero attached hydrogens (tertiary/aromatic N) is 1. The van der Waals surface area contributed by atoms with Gasteiger partial charge in [0.25, 0.3) is 0 Å². The Kier molecular flexibility index (Phi) is 4.74. The molecule has 2 aromatic carbocycles. The quantitative estimate of drug-likeness (QED) is 0.826. The third-order valence-corrected chi connectivity index (χ3v) is 5.55. The Balaban J connectivity index is 2.39. The Labute approximate surface area is 121 Å². The van der Waals surface area contributed by atoms with E-state index in [2.05, 4.69) is 4.36 Å². The summed E-state index contributed by atoms with van der Waals surface area (Å²) in [6, 6.07) is 19.5. The van der Waals surface area contributed by atoms with Crippen LogP contribution in [0, 0.1) is 0 Å². The number of rotatable bonds is 4. The number of allylic oxidation sites excluding steroid dienone is 1. The maximum absolute atomic E-state index is 13.1. The lowest BCUT2D eigenvalue weighted by Gasteiger charge is -2.13. The lowest BCUT2D eigenvalue weighted by Crippen LogP contribution is -2.08. The molecule has 0 aliphatic carbocycles. The van der Waals surface area contributed by atoms with Crippen molar-refractivity contribution >= 4 is 15.3 Å². The van der Waals surface area contributed by atoms with Gasteiger partial charge < -0.3 is 0 Å². The smallest absolute Gasteiger partial charge is 0.0791 e. The highest BCUT2D eigenvalue weighted by molar-refractivity contribution is 7.94. The highest BCUT2D eigenvalue weighted by Gasteiger charge is 2.14. The van der Waals surface area contributed by atoms with Crippen molar-refractivity contribution in [3.05, 3.63) is 72.3 Å². The predicted molar refractivity (Wildman–Crippen MR) is 86.2 cm³/mol. The van der Waals surface area contributed by atoms with Gasteiger partial charge in [-0.25, -0.2) is 8.57 Å². The third kappa shape index (κ3) is 3.17. The van der Waals surface area contributed by atoms with Crippen LogP contribution < -0.4 is 0 Å². The van der Waals surface area contributed by atoms with Crippen molar-refractivity contribution in [3.8, 4) is 0 Å². The molecule has 0 aliphatic heterocycles. The molecule has 2 rings (SSSR count). The fourth-order valence-electron chi connectivity index (χ4n) is 2.08. The summed E-state index contributed by atoms with van der Waals surface area (Å²) in [5.74, 6) is 0.439. The minimum Gasteiger partial charge on any atom is -0.244 e. The average molecular weight is 285 g/mol. The first-order valence-electron chi connectivity index (χ1n) is 6.58. The summed E-state index contributed by atoms with van der Waals surface area (Å²) in [7, 11) is -0.776. The largest absolute Gasteiger partial charge is 0.244 e. The Morgan fingerprint density at radius 3 is 2.10 bits per heavy atom. The van der Waals surface area contributed by atoms with Gasteiger partial charge in [0, 0.05) is 11.9 Å². The summed E-state index contributed by atoms with van der Waals surface area (Å²) in [4.78, 5) is 0.790. The first-order valence-corrected chi connectivity index (χ1v) is 8.26. The van der Waals surface area contributed by atoms with Gasteiger partial charge in [-0.05, 0) is 30.2 Å². The van der Waals surface area contributed by atoms with Gasteiger partial charge in [-0.1, -0.05) is 54.6 Å². The van der Waals surface area contributed by atoms with Crippen LogP contribution in [-0.2, 0) is 9.73 Å². The molecule has 0 saturated carbocycles. The Morgan fingerprint density at radius 2 is 1.60 bits per heavy atom. The zero-order chi connectivity index (χ0) is 14.4. The van der Waals surface area contributed by atoms with E-state index in [1.165, 1.54) is 0 Å². The van der Waals surface area contributed by atoms with Crippen molar-refractivity contribution in [3.63, 3.8) is 0 Å². The van der Waals surface area contributed by atoms with Gasteiger partial charge in [0.1, 0.15) is 0 Å². The van der Waals surface area contributed by atoms with Crippen molar-refractivity contribution in [2.75, 3.05) is 12.8 Å². The molecular formula is C17H19NOS. The normalized spacial score (nSPS) is 14.6. The van der Waals surface area contributed by atoms with E-state index in [1.807, 2.05) is 73.7 Å². The zero-order valence-electron chi connectivity index (χ0n) is 11.8. The summed E-state index contributed by atoms with van der Waals surface area (Å²) in [5.41, 5.74) is 2.16. The summed E-state index contributed by atoms with van der Waals surface area (Å²) in [5, 5.41) is 0. The van der Waals surface area contributed by atoms with Gasteiger partial charge in [0.05, 0.1) is 15.5 Å². The van der Waals surface area contributed by atoms with E-state index in [-0.39, 0.29) is 0 Å². The summed E-state index contributed by atoms with van der Waals surface area (Å²) >= 11 is 0. The molecule has 0 aromatic heterocycles. The van der Waals surface area contributed by atoms with Gasteiger partial charge in [-0.15, -0.1) is 0 Å². The van der Waals surface area contributed by atoms with Crippen LogP contribution in [0.2, 0.25) is 0 Å². The van der Waals surface area contributed by atoms with E-state index in [4.69, 9.17) is 0 Å². The molecule has 20 heavy (non-hydrogen) atoms. The molecular weight excluding hydrogens is 266 g/mol. The minimum atomic E-state index is -2.41. The van der Waals surface area contributed by atoms with Gasteiger partial charge in [-0.3, -0.25) is 0 Å². The molecule has 2 nitrogen and oxygen atoms in total. The van der Waals surface area contributed by atoms with Crippen LogP contribution in [0.5, 0.6) is 0 Å². The second-order valence-electron chi connectivity index (χ2n) is 4.46. The van der Waals surface area contributed by atoms with Crippen LogP contribution in [0.25, 0.3) is 5.57 Å². The standard InChI is InChI=1S/C17H19NOS/c1-3-15(16-10-6-4-7-11-16)14-20(19,18-2)17-12-8-5-9-13-17/h3-13H,14H2,1-2H3/b15-3+/t20-/m0/s1. The topological polar surface area (TPSA) is 29.4 Å². The zero-order valence-corrected chi connectivity index (χ0v) is 12.6. The van der Waals surface area contributed by atoms with E-state index in [1.54, 1.807) is 7.05 Å². The lowest BCUT2D eigenvalue weighted by molar-refractivity contribution is 0.678. The maximum atomic E-state index is 13.1. The van der Waals surface area contributed by atoms with E-state index in [0.29, 0.717) is 5.75 Å². The molecule has 0 heterocycles. The third-order valence-electron chi connectivity index (χ3n) is 3.25. The van der Waals surface area contributed by atoms with Crippen molar-refractivity contribution < 1.29 is 4.21 Å². The van der Waals surface area contributed by atoms with Crippen molar-refractivity contribution in [2.45, 2.75) is 11.8 Å². The van der Waals surface area contributed by atoms with E-state index in [9.17, 15) is 4.21 Å². The van der Waals surface area contributed by atoms with Gasteiger partial charge >= 0.3 is 0 Å². The Hall–Kier alpha value is -1.87. The molecule has 0 spiro atoms. The average Bonchev–Trinajstić information content (AvgIpc) is 2.54. The van der Waals surface area contributed by atoms with Crippen molar-refractivity contribution in [1.29, 1.82) is 0 Å². The second kappa shape index (κ2) is 6.53. The monoisotopic (exact) mass is 285 g/mol. The molecule has 0 saturated heterocycles. The first-order chi connectivity index (χ1) is 9.69. The van der Waals surface area contributed by atoms with Gasteiger partial charge in [0.2, 0.25) is 0 Å². The highest BCUT2D eigenvalue weighted by Crippen LogP contribution is 2.22. The molecule has 2 aromatic rings. The number of benzene rings is 2. The number of hydrogen-bond acceptors (Lipinski definition) is 2.